The van der Waals surface area contributed by atoms with Gasteiger partial charge >= 0.3 is 6.09 Å². The van der Waals surface area contributed by atoms with E-state index in [-0.39, 0.29) is 11.9 Å². The van der Waals surface area contributed by atoms with Crippen molar-refractivity contribution in [2.75, 3.05) is 64.4 Å². The van der Waals surface area contributed by atoms with Crippen LogP contribution in [0.4, 0.5) is 10.5 Å². The average Bonchev–Trinajstić information content (AvgIpc) is 2.74. The minimum absolute atomic E-state index is 0.0858. The van der Waals surface area contributed by atoms with Crippen LogP contribution < -0.4 is 19.7 Å². The topological polar surface area (TPSA) is 94.6 Å². The molecule has 1 aromatic carbocycles. The molecule has 0 spiro atoms. The molecule has 2 heterocycles. The number of ether oxygens (including phenoxy) is 2. The number of nitrogens with zero attached hydrogens (tertiary/aromatic N) is 3. The highest BCUT2D eigenvalue weighted by atomic mass is 16.5. The van der Waals surface area contributed by atoms with Gasteiger partial charge in [-0.3, -0.25) is 4.79 Å². The SMILES string of the molecule is COc1cc(N2CCN(C(C)=O)CC2)ccc1OCC[C@@H]1CN(C(=O)O)CCN1. The molecule has 9 nitrogen and oxygen atoms in total. The van der Waals surface area contributed by atoms with Gasteiger partial charge in [0.15, 0.2) is 11.5 Å². The predicted octanol–water partition coefficient (Wildman–Crippen LogP) is 1.08. The Kier molecular flexibility index (Phi) is 7.03. The van der Waals surface area contributed by atoms with Crippen molar-refractivity contribution in [3.8, 4) is 11.5 Å². The van der Waals surface area contributed by atoms with E-state index in [0.717, 1.165) is 31.9 Å². The van der Waals surface area contributed by atoms with Gasteiger partial charge in [0, 0.05) is 70.5 Å². The Bertz CT molecular complexity index is 721. The molecule has 0 unspecified atom stereocenters. The fraction of sp³-hybridized carbons (Fsp3) is 0.600. The van der Waals surface area contributed by atoms with Crippen molar-refractivity contribution in [1.29, 1.82) is 0 Å². The van der Waals surface area contributed by atoms with E-state index in [4.69, 9.17) is 14.6 Å². The molecule has 2 aliphatic heterocycles. The summed E-state index contributed by atoms with van der Waals surface area (Å²) in [6, 6.07) is 5.96. The molecule has 160 valence electrons. The lowest BCUT2D eigenvalue weighted by molar-refractivity contribution is -0.129. The number of amides is 2. The van der Waals surface area contributed by atoms with Gasteiger partial charge in [-0.1, -0.05) is 0 Å². The van der Waals surface area contributed by atoms with Crippen molar-refractivity contribution >= 4 is 17.7 Å². The number of benzene rings is 1. The molecule has 9 heteroatoms. The molecular formula is C20H30N4O5. The zero-order valence-electron chi connectivity index (χ0n) is 17.1. The van der Waals surface area contributed by atoms with Crippen molar-refractivity contribution in [3.63, 3.8) is 0 Å². The first-order valence-corrected chi connectivity index (χ1v) is 10.0. The van der Waals surface area contributed by atoms with E-state index < -0.39 is 6.09 Å². The van der Waals surface area contributed by atoms with E-state index in [1.165, 1.54) is 4.90 Å². The Hall–Kier alpha value is -2.68. The number of nitrogens with one attached hydrogen (secondary N) is 1. The molecule has 0 aliphatic carbocycles. The summed E-state index contributed by atoms with van der Waals surface area (Å²) in [5.74, 6) is 1.45. The fourth-order valence-electron chi connectivity index (χ4n) is 3.76. The Morgan fingerprint density at radius 1 is 1.14 bits per heavy atom. The van der Waals surface area contributed by atoms with Crippen molar-refractivity contribution < 1.29 is 24.2 Å². The van der Waals surface area contributed by atoms with E-state index in [9.17, 15) is 9.59 Å². The van der Waals surface area contributed by atoms with Crippen molar-refractivity contribution in [1.82, 2.24) is 15.1 Å². The Balaban J connectivity index is 1.53. The van der Waals surface area contributed by atoms with Gasteiger partial charge in [0.25, 0.3) is 0 Å². The van der Waals surface area contributed by atoms with Gasteiger partial charge < -0.3 is 34.6 Å². The molecule has 2 amide bonds. The minimum Gasteiger partial charge on any atom is -0.493 e. The number of rotatable bonds is 6. The largest absolute Gasteiger partial charge is 0.493 e. The lowest BCUT2D eigenvalue weighted by Gasteiger charge is -2.35. The Morgan fingerprint density at radius 2 is 1.90 bits per heavy atom. The van der Waals surface area contributed by atoms with Crippen LogP contribution in [0.25, 0.3) is 0 Å². The maximum atomic E-state index is 11.5. The van der Waals surface area contributed by atoms with E-state index in [0.29, 0.717) is 44.2 Å². The molecule has 3 rings (SSSR count). The third kappa shape index (κ3) is 5.44. The lowest BCUT2D eigenvalue weighted by Crippen LogP contribution is -2.52. The van der Waals surface area contributed by atoms with Gasteiger partial charge in [-0.2, -0.15) is 0 Å². The monoisotopic (exact) mass is 406 g/mol. The number of hydrogen-bond donors (Lipinski definition) is 2. The zero-order chi connectivity index (χ0) is 20.8. The molecule has 2 fully saturated rings. The second-order valence-corrected chi connectivity index (χ2v) is 7.35. The molecule has 0 radical (unpaired) electrons. The number of carbonyl (C=O) groups excluding carboxylic acids is 1. The van der Waals surface area contributed by atoms with Crippen molar-refractivity contribution in [2.24, 2.45) is 0 Å². The van der Waals surface area contributed by atoms with Crippen LogP contribution in [0.5, 0.6) is 11.5 Å². The van der Waals surface area contributed by atoms with E-state index in [1.54, 1.807) is 14.0 Å². The molecule has 2 aliphatic rings. The van der Waals surface area contributed by atoms with Crippen LogP contribution >= 0.6 is 0 Å². The van der Waals surface area contributed by atoms with Gasteiger partial charge in [0.1, 0.15) is 0 Å². The highest BCUT2D eigenvalue weighted by molar-refractivity contribution is 5.73. The van der Waals surface area contributed by atoms with E-state index in [2.05, 4.69) is 10.2 Å². The molecule has 1 atom stereocenters. The quantitative estimate of drug-likeness (QED) is 0.730. The molecule has 0 bridgehead atoms. The standard InChI is InChI=1S/C20H30N4O5/c1-15(25)22-8-10-23(11-9-22)17-3-4-18(19(13-17)28-2)29-12-5-16-14-24(20(26)27)7-6-21-16/h3-4,13,16,21H,5-12,14H2,1-2H3,(H,26,27)/t16-/m1/s1. The average molecular weight is 406 g/mol. The number of piperazine rings is 2. The predicted molar refractivity (Wildman–Crippen MR) is 109 cm³/mol. The van der Waals surface area contributed by atoms with Crippen LogP contribution in [-0.4, -0.2) is 92.5 Å². The molecule has 1 aromatic rings. The summed E-state index contributed by atoms with van der Waals surface area (Å²) in [6.45, 7) is 6.74. The number of hydrogen-bond acceptors (Lipinski definition) is 6. The first kappa shape index (κ1) is 21.0. The second kappa shape index (κ2) is 9.69. The summed E-state index contributed by atoms with van der Waals surface area (Å²) in [6.07, 6.45) is -0.166. The van der Waals surface area contributed by atoms with Gasteiger partial charge in [-0.05, 0) is 18.6 Å². The minimum atomic E-state index is -0.876. The summed E-state index contributed by atoms with van der Waals surface area (Å²) in [4.78, 5) is 28.1. The molecule has 0 saturated carbocycles. The third-order valence-electron chi connectivity index (χ3n) is 5.49. The maximum absolute atomic E-state index is 11.5. The van der Waals surface area contributed by atoms with Crippen LogP contribution in [0.15, 0.2) is 18.2 Å². The number of carboxylic acid groups (broad SMARTS) is 1. The highest BCUT2D eigenvalue weighted by Crippen LogP contribution is 2.32. The Morgan fingerprint density at radius 3 is 2.55 bits per heavy atom. The normalized spacial score (nSPS) is 19.8. The number of methoxy groups -OCH3 is 1. The van der Waals surface area contributed by atoms with Gasteiger partial charge in [0.2, 0.25) is 5.91 Å². The first-order chi connectivity index (χ1) is 14.0. The molecule has 29 heavy (non-hydrogen) atoms. The first-order valence-electron chi connectivity index (χ1n) is 10.0. The van der Waals surface area contributed by atoms with Crippen LogP contribution in [-0.2, 0) is 4.79 Å². The number of anilines is 1. The van der Waals surface area contributed by atoms with Crippen LogP contribution in [0.1, 0.15) is 13.3 Å². The van der Waals surface area contributed by atoms with Crippen LogP contribution in [0.2, 0.25) is 0 Å². The summed E-state index contributed by atoms with van der Waals surface area (Å²) >= 11 is 0. The molecular weight excluding hydrogens is 376 g/mol. The van der Waals surface area contributed by atoms with E-state index >= 15 is 0 Å². The smallest absolute Gasteiger partial charge is 0.407 e. The molecule has 2 saturated heterocycles. The van der Waals surface area contributed by atoms with Crippen molar-refractivity contribution in [2.45, 2.75) is 19.4 Å². The third-order valence-corrected chi connectivity index (χ3v) is 5.49. The summed E-state index contributed by atoms with van der Waals surface area (Å²) < 4.78 is 11.4. The van der Waals surface area contributed by atoms with Gasteiger partial charge in [-0.15, -0.1) is 0 Å². The lowest BCUT2D eigenvalue weighted by atomic mass is 10.1. The fourth-order valence-corrected chi connectivity index (χ4v) is 3.76. The maximum Gasteiger partial charge on any atom is 0.407 e. The van der Waals surface area contributed by atoms with Gasteiger partial charge in [-0.25, -0.2) is 4.79 Å². The molecule has 0 aromatic heterocycles. The highest BCUT2D eigenvalue weighted by Gasteiger charge is 2.23. The van der Waals surface area contributed by atoms with Crippen molar-refractivity contribution in [3.05, 3.63) is 18.2 Å². The molecule has 2 N–H and O–H groups in total. The number of carbonyl (C=O) groups is 2. The van der Waals surface area contributed by atoms with Crippen LogP contribution in [0.3, 0.4) is 0 Å². The Labute approximate surface area is 171 Å². The summed E-state index contributed by atoms with van der Waals surface area (Å²) in [5.41, 5.74) is 1.04. The van der Waals surface area contributed by atoms with Crippen LogP contribution in [0, 0.1) is 0 Å². The van der Waals surface area contributed by atoms with E-state index in [1.807, 2.05) is 23.1 Å². The summed E-state index contributed by atoms with van der Waals surface area (Å²) in [7, 11) is 1.62. The summed E-state index contributed by atoms with van der Waals surface area (Å²) in [5, 5.41) is 12.5. The van der Waals surface area contributed by atoms with Gasteiger partial charge in [0.05, 0.1) is 13.7 Å². The second-order valence-electron chi connectivity index (χ2n) is 7.35. The zero-order valence-corrected chi connectivity index (χ0v) is 17.1.